The summed E-state index contributed by atoms with van der Waals surface area (Å²) in [5.41, 5.74) is 3.38. The Balaban J connectivity index is 1.71. The summed E-state index contributed by atoms with van der Waals surface area (Å²) in [7, 11) is 0. The number of hydrogen-bond donors (Lipinski definition) is 0. The molecule has 0 fully saturated rings. The summed E-state index contributed by atoms with van der Waals surface area (Å²) in [5, 5.41) is 9.57. The smallest absolute Gasteiger partial charge is 0.269 e. The van der Waals surface area contributed by atoms with Crippen molar-refractivity contribution in [3.63, 3.8) is 0 Å². The van der Waals surface area contributed by atoms with Crippen LogP contribution in [0, 0.1) is 23.1 Å². The highest BCUT2D eigenvalue weighted by atomic mass is 19.1. The van der Waals surface area contributed by atoms with E-state index in [4.69, 9.17) is 0 Å². The maximum absolute atomic E-state index is 13.7. The molecule has 2 aromatic carbocycles. The Hall–Kier alpha value is -3.19. The van der Waals surface area contributed by atoms with Gasteiger partial charge in [-0.15, -0.1) is 0 Å². The van der Waals surface area contributed by atoms with Crippen LogP contribution in [-0.2, 0) is 19.4 Å². The molecule has 0 saturated carbocycles. The number of aromatic nitrogens is 1. The minimum absolute atomic E-state index is 0.153. The molecule has 0 aliphatic carbocycles. The lowest BCUT2D eigenvalue weighted by atomic mass is 9.98. The van der Waals surface area contributed by atoms with E-state index < -0.39 is 0 Å². The molecule has 0 bridgehead atoms. The van der Waals surface area contributed by atoms with Gasteiger partial charge in [0.25, 0.3) is 5.56 Å². The molecule has 0 atom stereocenters. The molecule has 0 aliphatic heterocycles. The molecule has 0 amide bonds. The van der Waals surface area contributed by atoms with Gasteiger partial charge < -0.3 is 4.57 Å². The number of halogens is 1. The van der Waals surface area contributed by atoms with E-state index in [1.54, 1.807) is 16.8 Å². The van der Waals surface area contributed by atoms with Gasteiger partial charge in [0.05, 0.1) is 0 Å². The van der Waals surface area contributed by atoms with Crippen molar-refractivity contribution in [1.82, 2.24) is 4.57 Å². The second-order valence-electron chi connectivity index (χ2n) is 8.04. The van der Waals surface area contributed by atoms with E-state index in [0.717, 1.165) is 36.0 Å². The van der Waals surface area contributed by atoms with Crippen LogP contribution in [0.3, 0.4) is 0 Å². The zero-order valence-electron chi connectivity index (χ0n) is 17.6. The Morgan fingerprint density at radius 2 is 1.77 bits per heavy atom. The predicted molar refractivity (Wildman–Crippen MR) is 119 cm³/mol. The highest BCUT2D eigenvalue weighted by Crippen LogP contribution is 2.22. The fourth-order valence-electron chi connectivity index (χ4n) is 3.53. The lowest BCUT2D eigenvalue weighted by molar-refractivity contribution is 0.507. The van der Waals surface area contributed by atoms with Gasteiger partial charge in [-0.25, -0.2) is 4.39 Å². The molecule has 30 heavy (non-hydrogen) atoms. The summed E-state index contributed by atoms with van der Waals surface area (Å²) in [5.74, 6) is 0.341. The van der Waals surface area contributed by atoms with Gasteiger partial charge >= 0.3 is 0 Å². The molecule has 0 spiro atoms. The standard InChI is InChI=1S/C26H27FN2O/c1-19(2)14-16-29-17-15-23(24(18-28)26(29)30)21-12-10-20(11-13-21)6-5-8-22-7-3-4-9-25(22)27/h3-4,7,9-13,15,17,19H,5-6,8,14,16H2,1-2H3. The lowest BCUT2D eigenvalue weighted by Gasteiger charge is -2.11. The molecule has 3 nitrogen and oxygen atoms in total. The van der Waals surface area contributed by atoms with Crippen molar-refractivity contribution < 1.29 is 4.39 Å². The summed E-state index contributed by atoms with van der Waals surface area (Å²) in [6.45, 7) is 4.84. The molecule has 0 radical (unpaired) electrons. The maximum Gasteiger partial charge on any atom is 0.269 e. The largest absolute Gasteiger partial charge is 0.314 e. The van der Waals surface area contributed by atoms with Crippen LogP contribution in [0.1, 0.15) is 43.4 Å². The predicted octanol–water partition coefficient (Wildman–Crippen LogP) is 5.75. The highest BCUT2D eigenvalue weighted by Gasteiger charge is 2.12. The molecule has 1 heterocycles. The number of pyridine rings is 1. The molecule has 0 saturated heterocycles. The topological polar surface area (TPSA) is 45.8 Å². The quantitative estimate of drug-likeness (QED) is 0.482. The number of aryl methyl sites for hydroxylation is 3. The van der Waals surface area contributed by atoms with E-state index in [9.17, 15) is 14.4 Å². The van der Waals surface area contributed by atoms with E-state index in [2.05, 4.69) is 19.9 Å². The van der Waals surface area contributed by atoms with Crippen molar-refractivity contribution in [2.45, 2.75) is 46.1 Å². The first-order valence-corrected chi connectivity index (χ1v) is 10.5. The number of rotatable bonds is 8. The van der Waals surface area contributed by atoms with Crippen LogP contribution in [-0.4, -0.2) is 4.57 Å². The first-order valence-electron chi connectivity index (χ1n) is 10.5. The van der Waals surface area contributed by atoms with Crippen molar-refractivity contribution >= 4 is 0 Å². The first kappa shape index (κ1) is 21.5. The van der Waals surface area contributed by atoms with E-state index in [1.807, 2.05) is 42.5 Å². The Labute approximate surface area is 177 Å². The third kappa shape index (κ3) is 5.24. The van der Waals surface area contributed by atoms with Crippen LogP contribution in [0.5, 0.6) is 0 Å². The van der Waals surface area contributed by atoms with Crippen LogP contribution in [0.4, 0.5) is 4.39 Å². The second kappa shape index (κ2) is 10.0. The van der Waals surface area contributed by atoms with Gasteiger partial charge in [0.1, 0.15) is 17.4 Å². The van der Waals surface area contributed by atoms with Gasteiger partial charge in [0, 0.05) is 18.3 Å². The Kier molecular flexibility index (Phi) is 7.19. The molecule has 0 unspecified atom stereocenters. The SMILES string of the molecule is CC(C)CCn1ccc(-c2ccc(CCCc3ccccc3F)cc2)c(C#N)c1=O. The van der Waals surface area contributed by atoms with Crippen molar-refractivity contribution in [2.24, 2.45) is 5.92 Å². The second-order valence-corrected chi connectivity index (χ2v) is 8.04. The molecular weight excluding hydrogens is 375 g/mol. The van der Waals surface area contributed by atoms with Crippen LogP contribution < -0.4 is 5.56 Å². The molecular formula is C26H27FN2O. The Morgan fingerprint density at radius 1 is 1.03 bits per heavy atom. The van der Waals surface area contributed by atoms with Crippen molar-refractivity contribution in [3.05, 3.63) is 93.7 Å². The lowest BCUT2D eigenvalue weighted by Crippen LogP contribution is -2.23. The summed E-state index contributed by atoms with van der Waals surface area (Å²) in [6.07, 6.45) is 5.07. The molecule has 1 aromatic heterocycles. The first-order chi connectivity index (χ1) is 14.5. The summed E-state index contributed by atoms with van der Waals surface area (Å²) >= 11 is 0. The monoisotopic (exact) mass is 402 g/mol. The maximum atomic E-state index is 13.7. The number of benzene rings is 2. The zero-order valence-corrected chi connectivity index (χ0v) is 17.6. The van der Waals surface area contributed by atoms with Gasteiger partial charge in [-0.2, -0.15) is 5.26 Å². The van der Waals surface area contributed by atoms with Gasteiger partial charge in [0.2, 0.25) is 0 Å². The van der Waals surface area contributed by atoms with E-state index in [1.165, 1.54) is 6.07 Å². The van der Waals surface area contributed by atoms with E-state index in [-0.39, 0.29) is 16.9 Å². The van der Waals surface area contributed by atoms with Crippen LogP contribution in [0.25, 0.3) is 11.1 Å². The van der Waals surface area contributed by atoms with E-state index in [0.29, 0.717) is 24.4 Å². The molecule has 0 aliphatic rings. The molecule has 154 valence electrons. The molecule has 3 aromatic rings. The number of hydrogen-bond acceptors (Lipinski definition) is 2. The van der Waals surface area contributed by atoms with Gasteiger partial charge in [-0.3, -0.25) is 4.79 Å². The Morgan fingerprint density at radius 3 is 2.43 bits per heavy atom. The van der Waals surface area contributed by atoms with Gasteiger partial charge in [-0.05, 0) is 60.4 Å². The third-order valence-electron chi connectivity index (χ3n) is 5.36. The number of nitriles is 1. The van der Waals surface area contributed by atoms with Gasteiger partial charge in [-0.1, -0.05) is 56.3 Å². The van der Waals surface area contributed by atoms with Gasteiger partial charge in [0.15, 0.2) is 0 Å². The third-order valence-corrected chi connectivity index (χ3v) is 5.36. The van der Waals surface area contributed by atoms with E-state index >= 15 is 0 Å². The highest BCUT2D eigenvalue weighted by molar-refractivity contribution is 5.69. The minimum Gasteiger partial charge on any atom is -0.314 e. The zero-order chi connectivity index (χ0) is 21.5. The average Bonchev–Trinajstić information content (AvgIpc) is 2.74. The summed E-state index contributed by atoms with van der Waals surface area (Å²) in [6, 6.07) is 18.8. The average molecular weight is 403 g/mol. The fraction of sp³-hybridized carbons (Fsp3) is 0.308. The van der Waals surface area contributed by atoms with Crippen molar-refractivity contribution in [3.8, 4) is 17.2 Å². The van der Waals surface area contributed by atoms with Crippen molar-refractivity contribution in [1.29, 1.82) is 5.26 Å². The van der Waals surface area contributed by atoms with Crippen LogP contribution in [0.2, 0.25) is 0 Å². The molecule has 0 N–H and O–H groups in total. The summed E-state index contributed by atoms with van der Waals surface area (Å²) in [4.78, 5) is 12.7. The van der Waals surface area contributed by atoms with Crippen LogP contribution >= 0.6 is 0 Å². The fourth-order valence-corrected chi connectivity index (χ4v) is 3.53. The minimum atomic E-state index is -0.232. The number of nitrogens with zero attached hydrogens (tertiary/aromatic N) is 2. The summed E-state index contributed by atoms with van der Waals surface area (Å²) < 4.78 is 15.3. The Bertz CT molecular complexity index is 1090. The molecule has 4 heteroatoms. The molecule has 3 rings (SSSR count). The van der Waals surface area contributed by atoms with Crippen molar-refractivity contribution in [2.75, 3.05) is 0 Å². The normalized spacial score (nSPS) is 10.9. The van der Waals surface area contributed by atoms with Crippen LogP contribution in [0.15, 0.2) is 65.6 Å².